The van der Waals surface area contributed by atoms with E-state index >= 15 is 0 Å². The van der Waals surface area contributed by atoms with Gasteiger partial charge in [0, 0.05) is 18.7 Å². The van der Waals surface area contributed by atoms with E-state index in [0.29, 0.717) is 41.4 Å². The summed E-state index contributed by atoms with van der Waals surface area (Å²) in [6, 6.07) is 3.25. The molecule has 0 N–H and O–H groups in total. The van der Waals surface area contributed by atoms with Gasteiger partial charge >= 0.3 is 0 Å². The first-order valence-corrected chi connectivity index (χ1v) is 11.2. The molecule has 0 aromatic heterocycles. The minimum absolute atomic E-state index is 0.126. The minimum atomic E-state index is 0.126. The lowest BCUT2D eigenvalue weighted by molar-refractivity contribution is 0.152. The molecule has 11 heteroatoms. The molecule has 0 saturated heterocycles. The zero-order chi connectivity index (χ0) is 22.2. The van der Waals surface area contributed by atoms with Gasteiger partial charge in [-0.25, -0.2) is 0 Å². The van der Waals surface area contributed by atoms with E-state index in [9.17, 15) is 0 Å². The highest BCUT2D eigenvalue weighted by Gasteiger charge is 2.10. The van der Waals surface area contributed by atoms with Gasteiger partial charge in [-0.15, -0.1) is 0 Å². The van der Waals surface area contributed by atoms with Gasteiger partial charge in [-0.05, 0) is 31.4 Å². The normalized spacial score (nSPS) is 10.7. The fourth-order valence-corrected chi connectivity index (χ4v) is 2.81. The van der Waals surface area contributed by atoms with E-state index in [2.05, 4.69) is 5.16 Å². The summed E-state index contributed by atoms with van der Waals surface area (Å²) in [4.78, 5) is 4.89. The van der Waals surface area contributed by atoms with E-state index in [1.807, 2.05) is 0 Å². The van der Waals surface area contributed by atoms with Crippen LogP contribution in [-0.2, 0) is 9.57 Å². The van der Waals surface area contributed by atoms with Crippen LogP contribution in [0, 0.1) is 0 Å². The maximum Gasteiger partial charge on any atom is 0.156 e. The van der Waals surface area contributed by atoms with Crippen molar-refractivity contribution in [3.63, 3.8) is 0 Å². The lowest BCUT2D eigenvalue weighted by Gasteiger charge is -2.12. The first kappa shape index (κ1) is 27.5. The molecule has 0 bridgehead atoms. The predicted molar refractivity (Wildman–Crippen MR) is 126 cm³/mol. The van der Waals surface area contributed by atoms with Gasteiger partial charge in [-0.2, -0.15) is 0 Å². The zero-order valence-corrected chi connectivity index (χ0v) is 20.4. The number of nitrogens with zero attached hydrogens (tertiary/aromatic N) is 1. The molecule has 0 aliphatic heterocycles. The SMILES string of the molecule is ClC(Cl)=CCO/N=C/COCCCCCOc1c(Cl)cc(OCC=C(Cl)Cl)cc1Cl. The topological polar surface area (TPSA) is 49.3 Å². The monoisotopic (exact) mass is 537 g/mol. The Balaban J connectivity index is 2.16. The van der Waals surface area contributed by atoms with Gasteiger partial charge in [0.15, 0.2) is 5.75 Å². The smallest absolute Gasteiger partial charge is 0.156 e. The van der Waals surface area contributed by atoms with Crippen molar-refractivity contribution in [3.05, 3.63) is 43.3 Å². The summed E-state index contributed by atoms with van der Waals surface area (Å²) in [7, 11) is 0. The highest BCUT2D eigenvalue weighted by Crippen LogP contribution is 2.37. The van der Waals surface area contributed by atoms with Crippen molar-refractivity contribution in [2.45, 2.75) is 19.3 Å². The van der Waals surface area contributed by atoms with Gasteiger partial charge in [0.05, 0.1) is 29.5 Å². The number of ether oxygens (including phenoxy) is 3. The molecule has 0 aliphatic rings. The summed E-state index contributed by atoms with van der Waals surface area (Å²) in [5.41, 5.74) is 0. The van der Waals surface area contributed by atoms with Crippen molar-refractivity contribution in [1.82, 2.24) is 0 Å². The first-order valence-electron chi connectivity index (χ1n) is 8.88. The van der Waals surface area contributed by atoms with Gasteiger partial charge in [0.25, 0.3) is 0 Å². The average molecular weight is 540 g/mol. The number of unbranched alkanes of at least 4 members (excludes halogenated alkanes) is 2. The number of hydrogen-bond acceptors (Lipinski definition) is 5. The van der Waals surface area contributed by atoms with Crippen LogP contribution in [0.2, 0.25) is 10.0 Å². The van der Waals surface area contributed by atoms with E-state index in [1.54, 1.807) is 12.1 Å². The van der Waals surface area contributed by atoms with Crippen LogP contribution < -0.4 is 9.47 Å². The average Bonchev–Trinajstić information content (AvgIpc) is 2.66. The molecule has 0 spiro atoms. The van der Waals surface area contributed by atoms with Gasteiger partial charge in [-0.3, -0.25) is 0 Å². The minimum Gasteiger partial charge on any atom is -0.490 e. The number of rotatable bonds is 15. The van der Waals surface area contributed by atoms with Crippen LogP contribution in [-0.4, -0.2) is 39.2 Å². The second-order valence-electron chi connectivity index (χ2n) is 5.58. The number of benzene rings is 1. The molecule has 0 unspecified atom stereocenters. The second-order valence-corrected chi connectivity index (χ2v) is 8.41. The highest BCUT2D eigenvalue weighted by molar-refractivity contribution is 6.56. The molecule has 30 heavy (non-hydrogen) atoms. The Kier molecular flexibility index (Phi) is 15.7. The maximum atomic E-state index is 6.22. The molecule has 1 aromatic carbocycles. The van der Waals surface area contributed by atoms with E-state index in [4.69, 9.17) is 88.7 Å². The molecule has 0 radical (unpaired) electrons. The molecule has 0 fully saturated rings. The Morgan fingerprint density at radius 1 is 0.800 bits per heavy atom. The Morgan fingerprint density at radius 2 is 1.43 bits per heavy atom. The molecule has 0 amide bonds. The quantitative estimate of drug-likeness (QED) is 0.131. The maximum absolute atomic E-state index is 6.22. The summed E-state index contributed by atoms with van der Waals surface area (Å²) in [6.45, 7) is 1.87. The molecular formula is C19H21Cl6NO4. The number of oxime groups is 1. The van der Waals surface area contributed by atoms with Crippen LogP contribution >= 0.6 is 69.6 Å². The molecular weight excluding hydrogens is 519 g/mol. The fourth-order valence-electron chi connectivity index (χ4n) is 1.98. The molecule has 0 heterocycles. The lowest BCUT2D eigenvalue weighted by Crippen LogP contribution is -2.02. The first-order chi connectivity index (χ1) is 14.4. The van der Waals surface area contributed by atoms with Crippen LogP contribution in [0.15, 0.2) is 38.4 Å². The van der Waals surface area contributed by atoms with Crippen LogP contribution in [0.4, 0.5) is 0 Å². The molecule has 168 valence electrons. The van der Waals surface area contributed by atoms with Gasteiger partial charge in [0.1, 0.15) is 27.9 Å². The van der Waals surface area contributed by atoms with Crippen molar-refractivity contribution >= 4 is 75.8 Å². The molecule has 0 atom stereocenters. The summed E-state index contributed by atoms with van der Waals surface area (Å²) in [5.74, 6) is 0.919. The predicted octanol–water partition coefficient (Wildman–Crippen LogP) is 7.58. The second kappa shape index (κ2) is 17.1. The fraction of sp³-hybridized carbons (Fsp3) is 0.421. The zero-order valence-electron chi connectivity index (χ0n) is 15.9. The number of hydrogen-bond donors (Lipinski definition) is 0. The molecule has 5 nitrogen and oxygen atoms in total. The Labute approximate surface area is 206 Å². The van der Waals surface area contributed by atoms with Gasteiger partial charge in [-0.1, -0.05) is 74.8 Å². The Bertz CT molecular complexity index is 696. The van der Waals surface area contributed by atoms with E-state index < -0.39 is 0 Å². The highest BCUT2D eigenvalue weighted by atomic mass is 35.5. The molecule has 0 saturated carbocycles. The summed E-state index contributed by atoms with van der Waals surface area (Å²) >= 11 is 34.3. The third-order valence-electron chi connectivity index (χ3n) is 3.29. The van der Waals surface area contributed by atoms with E-state index in [1.165, 1.54) is 18.4 Å². The summed E-state index contributed by atoms with van der Waals surface area (Å²) in [6.07, 6.45) is 7.16. The summed E-state index contributed by atoms with van der Waals surface area (Å²) < 4.78 is 16.8. The third kappa shape index (κ3) is 13.7. The van der Waals surface area contributed by atoms with Crippen molar-refractivity contribution < 1.29 is 19.0 Å². The van der Waals surface area contributed by atoms with E-state index in [0.717, 1.165) is 19.3 Å². The Hall–Kier alpha value is -0.530. The van der Waals surface area contributed by atoms with Gasteiger partial charge < -0.3 is 19.0 Å². The third-order valence-corrected chi connectivity index (χ3v) is 4.47. The van der Waals surface area contributed by atoms with Gasteiger partial charge in [0.2, 0.25) is 0 Å². The molecule has 1 aromatic rings. The van der Waals surface area contributed by atoms with Crippen molar-refractivity contribution in [1.29, 1.82) is 0 Å². The van der Waals surface area contributed by atoms with E-state index in [-0.39, 0.29) is 22.2 Å². The standard InChI is InChI=1S/C19H21Cl6NO4/c20-15-12-14(28-9-4-17(22)23)13-16(21)19(15)29-8-3-1-2-7-27-11-6-26-30-10-5-18(24)25/h4-6,12-13H,1-3,7-11H2/b26-6+. The largest absolute Gasteiger partial charge is 0.490 e. The number of halogens is 6. The van der Waals surface area contributed by atoms with Crippen LogP contribution in [0.3, 0.4) is 0 Å². The van der Waals surface area contributed by atoms with Crippen LogP contribution in [0.25, 0.3) is 0 Å². The van der Waals surface area contributed by atoms with Crippen molar-refractivity contribution in [3.8, 4) is 11.5 Å². The summed E-state index contributed by atoms with van der Waals surface area (Å²) in [5, 5.41) is 4.43. The van der Waals surface area contributed by atoms with Crippen LogP contribution in [0.1, 0.15) is 19.3 Å². The molecule has 0 aliphatic carbocycles. The van der Waals surface area contributed by atoms with Crippen molar-refractivity contribution in [2.24, 2.45) is 5.16 Å². The Morgan fingerprint density at radius 3 is 2.10 bits per heavy atom. The van der Waals surface area contributed by atoms with Crippen LogP contribution in [0.5, 0.6) is 11.5 Å². The van der Waals surface area contributed by atoms with Crippen molar-refractivity contribution in [2.75, 3.05) is 33.0 Å². The lowest BCUT2D eigenvalue weighted by atomic mass is 10.2. The molecule has 1 rings (SSSR count).